The normalized spacial score (nSPS) is 10.7. The Balaban J connectivity index is 1.78. The van der Waals surface area contributed by atoms with Crippen LogP contribution in [0.25, 0.3) is 0 Å². The monoisotopic (exact) mass is 269 g/mol. The average molecular weight is 270 g/mol. The van der Waals surface area contributed by atoms with Crippen LogP contribution in [0.5, 0.6) is 0 Å². The van der Waals surface area contributed by atoms with E-state index >= 15 is 0 Å². The molecule has 0 saturated carbocycles. The van der Waals surface area contributed by atoms with Gasteiger partial charge in [0.15, 0.2) is 0 Å². The van der Waals surface area contributed by atoms with Crippen LogP contribution in [0.2, 0.25) is 10.0 Å². The summed E-state index contributed by atoms with van der Waals surface area (Å²) in [5.41, 5.74) is 2.18. The van der Waals surface area contributed by atoms with Crippen molar-refractivity contribution in [2.75, 3.05) is 6.54 Å². The minimum absolute atomic E-state index is 0.663. The number of aromatic amines is 1. The van der Waals surface area contributed by atoms with Crippen LogP contribution in [0.15, 0.2) is 30.7 Å². The summed E-state index contributed by atoms with van der Waals surface area (Å²) in [6, 6.07) is 5.54. The quantitative estimate of drug-likeness (QED) is 0.820. The third-order valence-electron chi connectivity index (χ3n) is 2.46. The Morgan fingerprint density at radius 3 is 2.88 bits per heavy atom. The molecule has 1 heterocycles. The second kappa shape index (κ2) is 6.05. The van der Waals surface area contributed by atoms with E-state index in [0.29, 0.717) is 10.0 Å². The molecule has 0 amide bonds. The first-order chi connectivity index (χ1) is 8.25. The van der Waals surface area contributed by atoms with Crippen molar-refractivity contribution < 1.29 is 0 Å². The molecule has 3 nitrogen and oxygen atoms in total. The van der Waals surface area contributed by atoms with Gasteiger partial charge in [-0.05, 0) is 17.7 Å². The lowest BCUT2D eigenvalue weighted by Crippen LogP contribution is -2.17. The van der Waals surface area contributed by atoms with E-state index < -0.39 is 0 Å². The number of nitrogens with one attached hydrogen (secondary N) is 2. The summed E-state index contributed by atoms with van der Waals surface area (Å²) in [5.74, 6) is 0. The highest BCUT2D eigenvalue weighted by atomic mass is 35.5. The predicted octanol–water partition coefficient (Wildman–Crippen LogP) is 3.05. The molecule has 2 rings (SSSR count). The largest absolute Gasteiger partial charge is 0.348 e. The Hall–Kier alpha value is -1.03. The van der Waals surface area contributed by atoms with E-state index in [9.17, 15) is 0 Å². The van der Waals surface area contributed by atoms with Crippen molar-refractivity contribution in [1.29, 1.82) is 0 Å². The van der Waals surface area contributed by atoms with Crippen LogP contribution >= 0.6 is 23.2 Å². The van der Waals surface area contributed by atoms with Gasteiger partial charge in [-0.25, -0.2) is 4.98 Å². The molecular formula is C12H13Cl2N3. The van der Waals surface area contributed by atoms with Crippen molar-refractivity contribution >= 4 is 23.2 Å². The highest BCUT2D eigenvalue weighted by Crippen LogP contribution is 2.20. The molecule has 1 aromatic heterocycles. The van der Waals surface area contributed by atoms with Crippen LogP contribution in [-0.4, -0.2) is 16.5 Å². The van der Waals surface area contributed by atoms with E-state index in [4.69, 9.17) is 23.2 Å². The van der Waals surface area contributed by atoms with E-state index in [2.05, 4.69) is 15.3 Å². The number of aromatic nitrogens is 2. The average Bonchev–Trinajstić information content (AvgIpc) is 2.79. The maximum atomic E-state index is 6.07. The van der Waals surface area contributed by atoms with Gasteiger partial charge in [-0.2, -0.15) is 0 Å². The molecule has 0 unspecified atom stereocenters. The highest BCUT2D eigenvalue weighted by Gasteiger charge is 2.00. The third kappa shape index (κ3) is 3.73. The molecule has 0 radical (unpaired) electrons. The number of rotatable bonds is 5. The first-order valence-corrected chi connectivity index (χ1v) is 6.13. The zero-order valence-corrected chi connectivity index (χ0v) is 10.7. The first kappa shape index (κ1) is 12.4. The number of hydrogen-bond acceptors (Lipinski definition) is 2. The van der Waals surface area contributed by atoms with Gasteiger partial charge in [0.05, 0.1) is 6.33 Å². The molecule has 2 N–H and O–H groups in total. The molecule has 0 saturated heterocycles. The first-order valence-electron chi connectivity index (χ1n) is 5.37. The van der Waals surface area contributed by atoms with Gasteiger partial charge >= 0.3 is 0 Å². The van der Waals surface area contributed by atoms with Crippen LogP contribution < -0.4 is 5.32 Å². The van der Waals surface area contributed by atoms with Crippen molar-refractivity contribution in [2.24, 2.45) is 0 Å². The predicted molar refractivity (Wildman–Crippen MR) is 70.5 cm³/mol. The third-order valence-corrected chi connectivity index (χ3v) is 3.04. The molecule has 0 bridgehead atoms. The van der Waals surface area contributed by atoms with Gasteiger partial charge in [0.2, 0.25) is 0 Å². The summed E-state index contributed by atoms with van der Waals surface area (Å²) in [4.78, 5) is 7.02. The number of benzene rings is 1. The second-order valence-corrected chi connectivity index (χ2v) is 4.58. The lowest BCUT2D eigenvalue weighted by Gasteiger charge is -2.06. The molecule has 0 aliphatic rings. The van der Waals surface area contributed by atoms with Gasteiger partial charge in [0.1, 0.15) is 0 Å². The maximum Gasteiger partial charge on any atom is 0.0921 e. The Bertz CT molecular complexity index is 469. The summed E-state index contributed by atoms with van der Waals surface area (Å²) in [6.07, 6.45) is 4.44. The van der Waals surface area contributed by atoms with Gasteiger partial charge in [0, 0.05) is 41.4 Å². The van der Waals surface area contributed by atoms with Crippen LogP contribution in [-0.2, 0) is 13.0 Å². The molecule has 5 heteroatoms. The number of nitrogens with zero attached hydrogens (tertiary/aromatic N) is 1. The Labute approximate surface area is 110 Å². The summed E-state index contributed by atoms with van der Waals surface area (Å²) in [6.45, 7) is 1.62. The molecule has 0 aliphatic heterocycles. The molecule has 90 valence electrons. The molecule has 0 atom stereocenters. The smallest absolute Gasteiger partial charge is 0.0921 e. The van der Waals surface area contributed by atoms with Gasteiger partial charge in [-0.1, -0.05) is 29.3 Å². The summed E-state index contributed by atoms with van der Waals surface area (Å²) < 4.78 is 0. The van der Waals surface area contributed by atoms with E-state index in [1.165, 1.54) is 0 Å². The minimum atomic E-state index is 0.663. The fraction of sp³-hybridized carbons (Fsp3) is 0.250. The highest BCUT2D eigenvalue weighted by molar-refractivity contribution is 6.35. The van der Waals surface area contributed by atoms with Gasteiger partial charge < -0.3 is 10.3 Å². The molecule has 0 fully saturated rings. The standard InChI is InChI=1S/C12H13Cl2N3/c13-10-2-1-9(12(14)5-10)6-15-4-3-11-7-16-8-17-11/h1-2,5,7-8,15H,3-4,6H2,(H,16,17). The minimum Gasteiger partial charge on any atom is -0.348 e. The summed E-state index contributed by atoms with van der Waals surface area (Å²) in [5, 5.41) is 4.69. The molecule has 2 aromatic rings. The Morgan fingerprint density at radius 1 is 1.29 bits per heavy atom. The molecular weight excluding hydrogens is 257 g/mol. The van der Waals surface area contributed by atoms with Crippen LogP contribution in [0, 0.1) is 0 Å². The van der Waals surface area contributed by atoms with Crippen molar-refractivity contribution in [3.05, 3.63) is 52.0 Å². The van der Waals surface area contributed by atoms with Crippen LogP contribution in [0.3, 0.4) is 0 Å². The van der Waals surface area contributed by atoms with Crippen molar-refractivity contribution in [1.82, 2.24) is 15.3 Å². The fourth-order valence-electron chi connectivity index (χ4n) is 1.53. The van der Waals surface area contributed by atoms with Crippen molar-refractivity contribution in [2.45, 2.75) is 13.0 Å². The van der Waals surface area contributed by atoms with Crippen LogP contribution in [0.4, 0.5) is 0 Å². The topological polar surface area (TPSA) is 40.7 Å². The number of halogens is 2. The van der Waals surface area contributed by atoms with Gasteiger partial charge in [-0.3, -0.25) is 0 Å². The number of imidazole rings is 1. The van der Waals surface area contributed by atoms with E-state index in [0.717, 1.165) is 30.8 Å². The summed E-state index contributed by atoms with van der Waals surface area (Å²) in [7, 11) is 0. The molecule has 17 heavy (non-hydrogen) atoms. The second-order valence-electron chi connectivity index (χ2n) is 3.74. The van der Waals surface area contributed by atoms with E-state index in [1.807, 2.05) is 18.3 Å². The fourth-order valence-corrected chi connectivity index (χ4v) is 2.01. The van der Waals surface area contributed by atoms with Gasteiger partial charge in [-0.15, -0.1) is 0 Å². The lowest BCUT2D eigenvalue weighted by atomic mass is 10.2. The molecule has 0 spiro atoms. The molecule has 0 aliphatic carbocycles. The number of hydrogen-bond donors (Lipinski definition) is 2. The Kier molecular flexibility index (Phi) is 4.42. The molecule has 1 aromatic carbocycles. The van der Waals surface area contributed by atoms with Crippen molar-refractivity contribution in [3.8, 4) is 0 Å². The van der Waals surface area contributed by atoms with E-state index in [1.54, 1.807) is 12.4 Å². The summed E-state index contributed by atoms with van der Waals surface area (Å²) >= 11 is 11.9. The maximum absolute atomic E-state index is 6.07. The number of H-pyrrole nitrogens is 1. The lowest BCUT2D eigenvalue weighted by molar-refractivity contribution is 0.681. The van der Waals surface area contributed by atoms with Crippen molar-refractivity contribution in [3.63, 3.8) is 0 Å². The zero-order valence-electron chi connectivity index (χ0n) is 9.21. The van der Waals surface area contributed by atoms with Crippen LogP contribution in [0.1, 0.15) is 11.3 Å². The Morgan fingerprint density at radius 2 is 2.18 bits per heavy atom. The van der Waals surface area contributed by atoms with E-state index in [-0.39, 0.29) is 0 Å². The SMILES string of the molecule is Clc1ccc(CNCCc2cnc[nH]2)c(Cl)c1. The zero-order chi connectivity index (χ0) is 12.1. The van der Waals surface area contributed by atoms with Gasteiger partial charge in [0.25, 0.3) is 0 Å².